The number of aliphatic imine (C=N–C) groups is 1. The summed E-state index contributed by atoms with van der Waals surface area (Å²) in [5, 5.41) is 13.1. The zero-order chi connectivity index (χ0) is 22.4. The SMILES string of the molecule is CCN=C1C=CC(=C(c2ccc(CNC)cc2)c2ccc(N(C)C)cc2C(=O)O)C=C1. The van der Waals surface area contributed by atoms with Crippen LogP contribution < -0.4 is 10.2 Å². The van der Waals surface area contributed by atoms with Crippen molar-refractivity contribution in [1.29, 1.82) is 0 Å². The molecular formula is C26H29N3O2. The lowest BCUT2D eigenvalue weighted by Gasteiger charge is -2.19. The van der Waals surface area contributed by atoms with Gasteiger partial charge in [-0.15, -0.1) is 0 Å². The summed E-state index contributed by atoms with van der Waals surface area (Å²) in [5.41, 5.74) is 6.73. The standard InChI is InChI=1S/C26H29N3O2/c1-5-28-21-12-10-20(11-13-21)25(19-8-6-18(7-9-19)17-27-2)23-15-14-22(29(3)4)16-24(23)26(30)31/h6-16,27H,5,17H2,1-4H3,(H,30,31). The van der Waals surface area contributed by atoms with Gasteiger partial charge in [0, 0.05) is 32.9 Å². The summed E-state index contributed by atoms with van der Waals surface area (Å²) in [6.45, 7) is 3.50. The van der Waals surface area contributed by atoms with Gasteiger partial charge >= 0.3 is 5.97 Å². The van der Waals surface area contributed by atoms with Crippen LogP contribution in [-0.2, 0) is 6.54 Å². The lowest BCUT2D eigenvalue weighted by atomic mass is 9.87. The van der Waals surface area contributed by atoms with E-state index in [-0.39, 0.29) is 5.56 Å². The molecule has 0 aliphatic heterocycles. The summed E-state index contributed by atoms with van der Waals surface area (Å²) in [5.74, 6) is -0.944. The van der Waals surface area contributed by atoms with Gasteiger partial charge in [-0.05, 0) is 66.1 Å². The van der Waals surface area contributed by atoms with E-state index in [1.807, 2.05) is 69.4 Å². The number of aromatic carboxylic acids is 1. The molecule has 0 bridgehead atoms. The number of allylic oxidation sites excluding steroid dienone is 5. The van der Waals surface area contributed by atoms with E-state index in [0.29, 0.717) is 5.56 Å². The highest BCUT2D eigenvalue weighted by Gasteiger charge is 2.19. The van der Waals surface area contributed by atoms with E-state index in [0.717, 1.165) is 41.2 Å². The third kappa shape index (κ3) is 5.19. The summed E-state index contributed by atoms with van der Waals surface area (Å²) in [6.07, 6.45) is 7.97. The van der Waals surface area contributed by atoms with Crippen LogP contribution in [0.3, 0.4) is 0 Å². The first-order valence-corrected chi connectivity index (χ1v) is 10.4. The lowest BCUT2D eigenvalue weighted by molar-refractivity contribution is 0.0696. The number of nitrogens with zero attached hydrogens (tertiary/aromatic N) is 2. The predicted octanol–water partition coefficient (Wildman–Crippen LogP) is 4.56. The number of nitrogens with one attached hydrogen (secondary N) is 1. The second-order valence-corrected chi connectivity index (χ2v) is 7.55. The quantitative estimate of drug-likeness (QED) is 0.696. The first kappa shape index (κ1) is 22.2. The summed E-state index contributed by atoms with van der Waals surface area (Å²) >= 11 is 0. The van der Waals surface area contributed by atoms with Gasteiger partial charge in [0.1, 0.15) is 0 Å². The third-order valence-corrected chi connectivity index (χ3v) is 5.14. The fourth-order valence-electron chi connectivity index (χ4n) is 3.59. The van der Waals surface area contributed by atoms with Crippen LogP contribution in [0.4, 0.5) is 5.69 Å². The molecule has 0 atom stereocenters. The largest absolute Gasteiger partial charge is 0.478 e. The number of carboxylic acids is 1. The maximum atomic E-state index is 12.2. The molecule has 3 rings (SSSR count). The summed E-state index contributed by atoms with van der Waals surface area (Å²) in [7, 11) is 5.73. The first-order valence-electron chi connectivity index (χ1n) is 10.4. The molecule has 0 amide bonds. The Labute approximate surface area is 184 Å². The van der Waals surface area contributed by atoms with E-state index in [1.165, 1.54) is 5.56 Å². The van der Waals surface area contributed by atoms with E-state index < -0.39 is 5.97 Å². The van der Waals surface area contributed by atoms with Crippen molar-refractivity contribution in [2.24, 2.45) is 4.99 Å². The Morgan fingerprint density at radius 3 is 2.23 bits per heavy atom. The van der Waals surface area contributed by atoms with Gasteiger partial charge in [-0.1, -0.05) is 42.5 Å². The van der Waals surface area contributed by atoms with Gasteiger partial charge in [0.2, 0.25) is 0 Å². The van der Waals surface area contributed by atoms with Crippen molar-refractivity contribution in [3.05, 3.63) is 94.6 Å². The maximum absolute atomic E-state index is 12.2. The topological polar surface area (TPSA) is 64.9 Å². The smallest absolute Gasteiger partial charge is 0.336 e. The number of benzene rings is 2. The van der Waals surface area contributed by atoms with Gasteiger partial charge in [-0.3, -0.25) is 4.99 Å². The van der Waals surface area contributed by atoms with E-state index in [9.17, 15) is 9.90 Å². The molecule has 1 aliphatic carbocycles. The van der Waals surface area contributed by atoms with Crippen molar-refractivity contribution < 1.29 is 9.90 Å². The van der Waals surface area contributed by atoms with Crippen LogP contribution in [0.15, 0.2) is 77.3 Å². The van der Waals surface area contributed by atoms with Crippen LogP contribution in [-0.4, -0.2) is 44.5 Å². The van der Waals surface area contributed by atoms with E-state index in [4.69, 9.17) is 0 Å². The highest BCUT2D eigenvalue weighted by atomic mass is 16.4. The highest BCUT2D eigenvalue weighted by Crippen LogP contribution is 2.34. The van der Waals surface area contributed by atoms with Gasteiger partial charge < -0.3 is 15.3 Å². The lowest BCUT2D eigenvalue weighted by Crippen LogP contribution is -2.12. The zero-order valence-electron chi connectivity index (χ0n) is 18.5. The Morgan fingerprint density at radius 1 is 1.00 bits per heavy atom. The molecule has 1 aliphatic rings. The molecule has 0 aromatic heterocycles. The van der Waals surface area contributed by atoms with Gasteiger partial charge in [0.25, 0.3) is 0 Å². The van der Waals surface area contributed by atoms with Gasteiger partial charge in [0.15, 0.2) is 0 Å². The molecule has 2 N–H and O–H groups in total. The maximum Gasteiger partial charge on any atom is 0.336 e. The average molecular weight is 416 g/mol. The fraction of sp³-hybridized carbons (Fsp3) is 0.231. The number of anilines is 1. The number of hydrogen-bond acceptors (Lipinski definition) is 4. The number of rotatable bonds is 7. The molecule has 5 nitrogen and oxygen atoms in total. The van der Waals surface area contributed by atoms with Gasteiger partial charge in [0.05, 0.1) is 11.3 Å². The van der Waals surface area contributed by atoms with Crippen molar-refractivity contribution >= 4 is 22.9 Å². The van der Waals surface area contributed by atoms with Crippen molar-refractivity contribution in [2.75, 3.05) is 32.6 Å². The van der Waals surface area contributed by atoms with Gasteiger partial charge in [-0.25, -0.2) is 4.79 Å². The Balaban J connectivity index is 2.22. The molecular weight excluding hydrogens is 386 g/mol. The molecule has 2 aromatic carbocycles. The third-order valence-electron chi connectivity index (χ3n) is 5.14. The molecule has 0 heterocycles. The van der Waals surface area contributed by atoms with Crippen LogP contribution in [0.5, 0.6) is 0 Å². The summed E-state index contributed by atoms with van der Waals surface area (Å²) in [4.78, 5) is 18.5. The van der Waals surface area contributed by atoms with Crippen molar-refractivity contribution in [3.63, 3.8) is 0 Å². The molecule has 0 spiro atoms. The predicted molar refractivity (Wildman–Crippen MR) is 129 cm³/mol. The van der Waals surface area contributed by atoms with Crippen LogP contribution >= 0.6 is 0 Å². The van der Waals surface area contributed by atoms with E-state index >= 15 is 0 Å². The Kier molecular flexibility index (Phi) is 7.21. The molecule has 0 radical (unpaired) electrons. The van der Waals surface area contributed by atoms with Crippen LogP contribution in [0.25, 0.3) is 5.57 Å². The van der Waals surface area contributed by atoms with Crippen LogP contribution in [0, 0.1) is 0 Å². The van der Waals surface area contributed by atoms with Crippen molar-refractivity contribution in [1.82, 2.24) is 5.32 Å². The minimum atomic E-state index is -0.944. The number of carbonyl (C=O) groups is 1. The van der Waals surface area contributed by atoms with Crippen molar-refractivity contribution in [3.8, 4) is 0 Å². The average Bonchev–Trinajstić information content (AvgIpc) is 2.76. The molecule has 31 heavy (non-hydrogen) atoms. The number of carboxylic acid groups (broad SMARTS) is 1. The molecule has 0 saturated heterocycles. The van der Waals surface area contributed by atoms with E-state index in [2.05, 4.69) is 34.6 Å². The first-order chi connectivity index (χ1) is 14.9. The van der Waals surface area contributed by atoms with Crippen LogP contribution in [0.1, 0.15) is 34.0 Å². The minimum absolute atomic E-state index is 0.280. The second-order valence-electron chi connectivity index (χ2n) is 7.55. The minimum Gasteiger partial charge on any atom is -0.478 e. The fourth-order valence-corrected chi connectivity index (χ4v) is 3.59. The second kappa shape index (κ2) is 10.0. The van der Waals surface area contributed by atoms with E-state index in [1.54, 1.807) is 6.07 Å². The molecule has 0 unspecified atom stereocenters. The molecule has 0 fully saturated rings. The monoisotopic (exact) mass is 415 g/mol. The number of hydrogen-bond donors (Lipinski definition) is 2. The summed E-state index contributed by atoms with van der Waals surface area (Å²) < 4.78 is 0. The molecule has 0 saturated carbocycles. The molecule has 160 valence electrons. The van der Waals surface area contributed by atoms with Gasteiger partial charge in [-0.2, -0.15) is 0 Å². The zero-order valence-corrected chi connectivity index (χ0v) is 18.5. The normalized spacial score (nSPS) is 12.8. The highest BCUT2D eigenvalue weighted by molar-refractivity contribution is 6.07. The Hall–Kier alpha value is -3.44. The molecule has 5 heteroatoms. The van der Waals surface area contributed by atoms with Crippen molar-refractivity contribution in [2.45, 2.75) is 13.5 Å². The Morgan fingerprint density at radius 2 is 1.68 bits per heavy atom. The van der Waals surface area contributed by atoms with Crippen LogP contribution in [0.2, 0.25) is 0 Å². The molecule has 2 aromatic rings. The summed E-state index contributed by atoms with van der Waals surface area (Å²) in [6, 6.07) is 13.8. The Bertz CT molecular complexity index is 1060.